The van der Waals surface area contributed by atoms with Gasteiger partial charge in [0, 0.05) is 11.3 Å². The number of aryl methyl sites for hydroxylation is 1. The van der Waals surface area contributed by atoms with Crippen LogP contribution in [0.1, 0.15) is 18.1 Å². The normalized spacial score (nSPS) is 13.5. The van der Waals surface area contributed by atoms with Gasteiger partial charge in [0.05, 0.1) is 29.9 Å². The van der Waals surface area contributed by atoms with Crippen molar-refractivity contribution in [1.29, 1.82) is 0 Å². The molecular weight excluding hydrogens is 511 g/mol. The van der Waals surface area contributed by atoms with Gasteiger partial charge in [0.2, 0.25) is 5.91 Å². The fourth-order valence-electron chi connectivity index (χ4n) is 4.14. The Morgan fingerprint density at radius 1 is 1.03 bits per heavy atom. The first-order valence-corrected chi connectivity index (χ1v) is 14.0. The molecule has 4 aromatic rings. The Kier molecular flexibility index (Phi) is 6.94. The molecule has 0 saturated carbocycles. The highest BCUT2D eigenvalue weighted by Crippen LogP contribution is 2.42. The van der Waals surface area contributed by atoms with Crippen LogP contribution >= 0.6 is 11.8 Å². The van der Waals surface area contributed by atoms with Crippen molar-refractivity contribution in [3.8, 4) is 11.3 Å². The van der Waals surface area contributed by atoms with Gasteiger partial charge in [-0.2, -0.15) is 0 Å². The van der Waals surface area contributed by atoms with Crippen LogP contribution in [0.2, 0.25) is 0 Å². The first-order chi connectivity index (χ1) is 17.9. The monoisotopic (exact) mass is 534 g/mol. The number of carbonyl (C=O) groups is 1. The number of para-hydroxylation sites is 2. The predicted molar refractivity (Wildman–Crippen MR) is 142 cm³/mol. The highest BCUT2D eigenvalue weighted by Gasteiger charge is 2.36. The standard InChI is InChI=1S/C27H23FN4O3S2/c1-2-19-7-3-5-9-22(19)30-25(33)17-36-27-29-15-24-26(31-27)21-8-4-6-10-23(21)32(37(24,34)35)16-18-11-13-20(28)14-12-18/h3-15H,2,16-17H2,1H3,(H,30,33). The van der Waals surface area contributed by atoms with Gasteiger partial charge in [-0.25, -0.2) is 22.8 Å². The first-order valence-electron chi connectivity index (χ1n) is 11.6. The summed E-state index contributed by atoms with van der Waals surface area (Å²) in [6, 6.07) is 20.4. The molecule has 0 bridgehead atoms. The Bertz CT molecular complexity index is 1580. The second kappa shape index (κ2) is 10.3. The lowest BCUT2D eigenvalue weighted by molar-refractivity contribution is -0.113. The molecule has 37 heavy (non-hydrogen) atoms. The van der Waals surface area contributed by atoms with E-state index in [1.807, 2.05) is 37.3 Å². The molecule has 0 unspecified atom stereocenters. The summed E-state index contributed by atoms with van der Waals surface area (Å²) >= 11 is 1.14. The minimum Gasteiger partial charge on any atom is -0.325 e. The lowest BCUT2D eigenvalue weighted by Crippen LogP contribution is -2.34. The molecule has 0 saturated heterocycles. The van der Waals surface area contributed by atoms with Crippen molar-refractivity contribution in [2.24, 2.45) is 0 Å². The lowest BCUT2D eigenvalue weighted by Gasteiger charge is -2.31. The third-order valence-corrected chi connectivity index (χ3v) is 8.60. The molecule has 3 aromatic carbocycles. The second-order valence-corrected chi connectivity index (χ2v) is 11.1. The van der Waals surface area contributed by atoms with E-state index in [-0.39, 0.29) is 23.1 Å². The van der Waals surface area contributed by atoms with E-state index in [4.69, 9.17) is 0 Å². The van der Waals surface area contributed by atoms with Crippen LogP contribution in [-0.4, -0.2) is 30.0 Å². The number of anilines is 2. The van der Waals surface area contributed by atoms with Crippen LogP contribution in [0.4, 0.5) is 15.8 Å². The number of carbonyl (C=O) groups excluding carboxylic acids is 1. The molecule has 10 heteroatoms. The van der Waals surface area contributed by atoms with Gasteiger partial charge >= 0.3 is 0 Å². The zero-order chi connectivity index (χ0) is 26.0. The van der Waals surface area contributed by atoms with Crippen molar-refractivity contribution in [2.45, 2.75) is 29.9 Å². The fraction of sp³-hybridized carbons (Fsp3) is 0.148. The maximum absolute atomic E-state index is 13.6. The second-order valence-electron chi connectivity index (χ2n) is 8.37. The molecule has 0 fully saturated rings. The zero-order valence-electron chi connectivity index (χ0n) is 19.9. The molecule has 0 aliphatic carbocycles. The van der Waals surface area contributed by atoms with Crippen LogP contribution in [0.25, 0.3) is 11.3 Å². The molecule has 0 spiro atoms. The molecule has 1 N–H and O–H groups in total. The summed E-state index contributed by atoms with van der Waals surface area (Å²) in [5.74, 6) is -0.523. The molecule has 1 amide bonds. The number of hydrogen-bond acceptors (Lipinski definition) is 6. The van der Waals surface area contributed by atoms with Crippen LogP contribution < -0.4 is 9.62 Å². The highest BCUT2D eigenvalue weighted by molar-refractivity contribution is 7.99. The summed E-state index contributed by atoms with van der Waals surface area (Å²) in [6.07, 6.45) is 2.08. The number of rotatable bonds is 7. The maximum atomic E-state index is 13.6. The molecule has 0 radical (unpaired) electrons. The van der Waals surface area contributed by atoms with Gasteiger partial charge in [0.15, 0.2) is 5.16 Å². The van der Waals surface area contributed by atoms with E-state index in [1.165, 1.54) is 22.6 Å². The predicted octanol–water partition coefficient (Wildman–Crippen LogP) is 5.28. The van der Waals surface area contributed by atoms with E-state index >= 15 is 0 Å². The molecule has 7 nitrogen and oxygen atoms in total. The van der Waals surface area contributed by atoms with Crippen molar-refractivity contribution in [3.05, 3.63) is 95.9 Å². The number of sulfonamides is 1. The summed E-state index contributed by atoms with van der Waals surface area (Å²) in [4.78, 5) is 21.3. The molecule has 2 heterocycles. The van der Waals surface area contributed by atoms with Gasteiger partial charge in [-0.05, 0) is 41.8 Å². The summed E-state index contributed by atoms with van der Waals surface area (Å²) in [5.41, 5.74) is 3.86. The van der Waals surface area contributed by atoms with Crippen LogP contribution in [0.5, 0.6) is 0 Å². The van der Waals surface area contributed by atoms with Crippen molar-refractivity contribution in [3.63, 3.8) is 0 Å². The van der Waals surface area contributed by atoms with Gasteiger partial charge in [-0.1, -0.05) is 67.2 Å². The number of nitrogens with one attached hydrogen (secondary N) is 1. The van der Waals surface area contributed by atoms with E-state index in [1.54, 1.807) is 30.3 Å². The largest absolute Gasteiger partial charge is 0.325 e. The molecule has 1 aliphatic rings. The van der Waals surface area contributed by atoms with Crippen LogP contribution in [0.3, 0.4) is 0 Å². The number of nitrogens with zero attached hydrogens (tertiary/aromatic N) is 3. The summed E-state index contributed by atoms with van der Waals surface area (Å²) in [7, 11) is -3.97. The van der Waals surface area contributed by atoms with Crippen molar-refractivity contribution in [2.75, 3.05) is 15.4 Å². The average molecular weight is 535 g/mol. The summed E-state index contributed by atoms with van der Waals surface area (Å²) in [5, 5.41) is 3.21. The number of fused-ring (bicyclic) bond motifs is 3. The number of benzene rings is 3. The number of thioether (sulfide) groups is 1. The molecule has 1 aromatic heterocycles. The van der Waals surface area contributed by atoms with Gasteiger partial charge in [-0.3, -0.25) is 9.10 Å². The lowest BCUT2D eigenvalue weighted by atomic mass is 10.1. The molecule has 5 rings (SSSR count). The third kappa shape index (κ3) is 5.07. The smallest absolute Gasteiger partial charge is 0.268 e. The summed E-state index contributed by atoms with van der Waals surface area (Å²) in [6.45, 7) is 2.06. The Morgan fingerprint density at radius 3 is 2.54 bits per heavy atom. The van der Waals surface area contributed by atoms with Gasteiger partial charge in [-0.15, -0.1) is 0 Å². The van der Waals surface area contributed by atoms with E-state index in [9.17, 15) is 17.6 Å². The Labute approximate surface area is 218 Å². The minimum absolute atomic E-state index is 0.0148. The summed E-state index contributed by atoms with van der Waals surface area (Å²) < 4.78 is 41.8. The number of aromatic nitrogens is 2. The van der Waals surface area contributed by atoms with E-state index in [2.05, 4.69) is 15.3 Å². The van der Waals surface area contributed by atoms with Gasteiger partial charge < -0.3 is 5.32 Å². The quantitative estimate of drug-likeness (QED) is 0.256. The fourth-order valence-corrected chi connectivity index (χ4v) is 6.31. The van der Waals surface area contributed by atoms with Crippen molar-refractivity contribution >= 4 is 39.1 Å². The van der Waals surface area contributed by atoms with Crippen LogP contribution in [-0.2, 0) is 27.8 Å². The molecular formula is C27H23FN4O3S2. The van der Waals surface area contributed by atoms with Crippen LogP contribution in [0, 0.1) is 5.82 Å². The van der Waals surface area contributed by atoms with Crippen LogP contribution in [0.15, 0.2) is 89.0 Å². The first kappa shape index (κ1) is 24.9. The number of halogens is 1. The van der Waals surface area contributed by atoms with E-state index < -0.39 is 15.8 Å². The highest BCUT2D eigenvalue weighted by atomic mass is 32.2. The topological polar surface area (TPSA) is 92.3 Å². The molecule has 1 aliphatic heterocycles. The third-order valence-electron chi connectivity index (χ3n) is 5.97. The Hall–Kier alpha value is -3.76. The van der Waals surface area contributed by atoms with Gasteiger partial charge in [0.25, 0.3) is 10.0 Å². The number of amides is 1. The molecule has 188 valence electrons. The van der Waals surface area contributed by atoms with Gasteiger partial charge in [0.1, 0.15) is 10.7 Å². The van der Waals surface area contributed by atoms with Crippen molar-refractivity contribution < 1.29 is 17.6 Å². The minimum atomic E-state index is -3.97. The Balaban J connectivity index is 1.40. The Morgan fingerprint density at radius 2 is 1.76 bits per heavy atom. The molecule has 0 atom stereocenters. The van der Waals surface area contributed by atoms with E-state index in [0.717, 1.165) is 29.4 Å². The maximum Gasteiger partial charge on any atom is 0.268 e. The SMILES string of the molecule is CCc1ccccc1NC(=O)CSc1ncc2c(n1)-c1ccccc1N(Cc1ccc(F)cc1)S2(=O)=O. The average Bonchev–Trinajstić information content (AvgIpc) is 2.91. The number of hydrogen-bond donors (Lipinski definition) is 1. The van der Waals surface area contributed by atoms with E-state index in [0.29, 0.717) is 27.7 Å². The van der Waals surface area contributed by atoms with Crippen molar-refractivity contribution in [1.82, 2.24) is 9.97 Å². The zero-order valence-corrected chi connectivity index (χ0v) is 21.5.